The van der Waals surface area contributed by atoms with Gasteiger partial charge in [-0.25, -0.2) is 0 Å². The molecule has 2 aliphatic rings. The van der Waals surface area contributed by atoms with E-state index in [1.54, 1.807) is 5.57 Å². The maximum Gasteiger partial charge on any atom is 0.0276 e. The molecule has 2 aliphatic carbocycles. The summed E-state index contributed by atoms with van der Waals surface area (Å²) < 4.78 is 0. The van der Waals surface area contributed by atoms with Crippen LogP contribution in [0.5, 0.6) is 0 Å². The van der Waals surface area contributed by atoms with E-state index in [1.165, 1.54) is 64.2 Å². The predicted molar refractivity (Wildman–Crippen MR) is 70.6 cm³/mol. The molecule has 0 saturated heterocycles. The summed E-state index contributed by atoms with van der Waals surface area (Å²) in [6.07, 6.45) is 16.7. The molecule has 0 radical (unpaired) electrons. The van der Waals surface area contributed by atoms with Crippen LogP contribution in [0.3, 0.4) is 0 Å². The molecule has 0 spiro atoms. The van der Waals surface area contributed by atoms with Crippen LogP contribution < -0.4 is 5.32 Å². The highest BCUT2D eigenvalue weighted by atomic mass is 14.9. The SMILES string of the molecule is CNC(CCC1CCCC1)C1=CCCCC1. The van der Waals surface area contributed by atoms with Gasteiger partial charge in [-0.2, -0.15) is 0 Å². The van der Waals surface area contributed by atoms with E-state index in [9.17, 15) is 0 Å². The second-order valence-electron chi connectivity index (χ2n) is 5.59. The van der Waals surface area contributed by atoms with Crippen molar-refractivity contribution in [2.75, 3.05) is 7.05 Å². The Morgan fingerprint density at radius 3 is 2.69 bits per heavy atom. The van der Waals surface area contributed by atoms with Gasteiger partial charge in [-0.3, -0.25) is 0 Å². The van der Waals surface area contributed by atoms with Gasteiger partial charge in [0.15, 0.2) is 0 Å². The quantitative estimate of drug-likeness (QED) is 0.691. The van der Waals surface area contributed by atoms with Crippen LogP contribution in [0.25, 0.3) is 0 Å². The summed E-state index contributed by atoms with van der Waals surface area (Å²) in [5, 5.41) is 3.53. The summed E-state index contributed by atoms with van der Waals surface area (Å²) in [4.78, 5) is 0. The van der Waals surface area contributed by atoms with E-state index in [4.69, 9.17) is 0 Å². The van der Waals surface area contributed by atoms with Crippen molar-refractivity contribution in [2.45, 2.75) is 70.3 Å². The molecule has 2 rings (SSSR count). The fourth-order valence-electron chi connectivity index (χ4n) is 3.40. The van der Waals surface area contributed by atoms with E-state index in [0.29, 0.717) is 6.04 Å². The first-order valence-electron chi connectivity index (χ1n) is 7.26. The van der Waals surface area contributed by atoms with Crippen LogP contribution in [0.2, 0.25) is 0 Å². The molecule has 0 aromatic carbocycles. The summed E-state index contributed by atoms with van der Waals surface area (Å²) in [6, 6.07) is 0.681. The van der Waals surface area contributed by atoms with E-state index in [-0.39, 0.29) is 0 Å². The van der Waals surface area contributed by atoms with Crippen molar-refractivity contribution < 1.29 is 0 Å². The molecule has 16 heavy (non-hydrogen) atoms. The van der Waals surface area contributed by atoms with E-state index >= 15 is 0 Å². The van der Waals surface area contributed by atoms with Gasteiger partial charge in [0, 0.05) is 6.04 Å². The van der Waals surface area contributed by atoms with Gasteiger partial charge in [0.2, 0.25) is 0 Å². The standard InChI is InChI=1S/C15H27N/c1-16-15(14-9-3-2-4-10-14)12-11-13-7-5-6-8-13/h9,13,15-16H,2-8,10-12H2,1H3. The predicted octanol–water partition coefficient (Wildman–Crippen LogP) is 4.05. The van der Waals surface area contributed by atoms with E-state index in [2.05, 4.69) is 18.4 Å². The van der Waals surface area contributed by atoms with Gasteiger partial charge < -0.3 is 5.32 Å². The Bertz CT molecular complexity index is 226. The van der Waals surface area contributed by atoms with Crippen LogP contribution in [0.4, 0.5) is 0 Å². The van der Waals surface area contributed by atoms with Crippen molar-refractivity contribution in [3.8, 4) is 0 Å². The minimum Gasteiger partial charge on any atom is -0.313 e. The van der Waals surface area contributed by atoms with Crippen LogP contribution in [0.15, 0.2) is 11.6 Å². The number of rotatable bonds is 5. The topological polar surface area (TPSA) is 12.0 Å². The van der Waals surface area contributed by atoms with Crippen molar-refractivity contribution in [2.24, 2.45) is 5.92 Å². The van der Waals surface area contributed by atoms with Crippen molar-refractivity contribution in [1.82, 2.24) is 5.32 Å². The molecule has 1 saturated carbocycles. The Kier molecular flexibility index (Phi) is 4.90. The summed E-state index contributed by atoms with van der Waals surface area (Å²) in [5.74, 6) is 1.04. The Labute approximate surface area is 101 Å². The summed E-state index contributed by atoms with van der Waals surface area (Å²) >= 11 is 0. The first-order valence-corrected chi connectivity index (χ1v) is 7.26. The second kappa shape index (κ2) is 6.44. The third kappa shape index (κ3) is 3.35. The highest BCUT2D eigenvalue weighted by Crippen LogP contribution is 2.30. The molecule has 1 unspecified atom stereocenters. The molecular weight excluding hydrogens is 194 g/mol. The number of hydrogen-bond donors (Lipinski definition) is 1. The summed E-state index contributed by atoms with van der Waals surface area (Å²) in [7, 11) is 2.13. The molecule has 0 amide bonds. The molecule has 1 nitrogen and oxygen atoms in total. The lowest BCUT2D eigenvalue weighted by atomic mass is 9.89. The molecule has 0 aromatic heterocycles. The van der Waals surface area contributed by atoms with Gasteiger partial charge in [-0.15, -0.1) is 0 Å². The van der Waals surface area contributed by atoms with E-state index in [1.807, 2.05) is 0 Å². The third-order valence-corrected chi connectivity index (χ3v) is 4.46. The Hall–Kier alpha value is -0.300. The van der Waals surface area contributed by atoms with Crippen molar-refractivity contribution in [3.63, 3.8) is 0 Å². The van der Waals surface area contributed by atoms with Crippen LogP contribution in [0, 0.1) is 5.92 Å². The third-order valence-electron chi connectivity index (χ3n) is 4.46. The molecule has 1 N–H and O–H groups in total. The zero-order valence-electron chi connectivity index (χ0n) is 10.8. The fourth-order valence-corrected chi connectivity index (χ4v) is 3.40. The Morgan fingerprint density at radius 1 is 1.25 bits per heavy atom. The van der Waals surface area contributed by atoms with Gasteiger partial charge in [0.25, 0.3) is 0 Å². The zero-order chi connectivity index (χ0) is 11.2. The largest absolute Gasteiger partial charge is 0.313 e. The maximum absolute atomic E-state index is 3.53. The van der Waals surface area contributed by atoms with Crippen LogP contribution in [0.1, 0.15) is 64.2 Å². The zero-order valence-corrected chi connectivity index (χ0v) is 10.8. The second-order valence-corrected chi connectivity index (χ2v) is 5.59. The van der Waals surface area contributed by atoms with Gasteiger partial charge in [0.05, 0.1) is 0 Å². The number of nitrogens with one attached hydrogen (secondary N) is 1. The van der Waals surface area contributed by atoms with Crippen LogP contribution in [-0.4, -0.2) is 13.1 Å². The molecule has 0 bridgehead atoms. The summed E-state index contributed by atoms with van der Waals surface area (Å²) in [6.45, 7) is 0. The Morgan fingerprint density at radius 2 is 2.06 bits per heavy atom. The lowest BCUT2D eigenvalue weighted by Crippen LogP contribution is -2.28. The molecular formula is C15H27N. The van der Waals surface area contributed by atoms with Crippen molar-refractivity contribution >= 4 is 0 Å². The lowest BCUT2D eigenvalue weighted by Gasteiger charge is -2.24. The number of hydrogen-bond acceptors (Lipinski definition) is 1. The lowest BCUT2D eigenvalue weighted by molar-refractivity contribution is 0.434. The summed E-state index contributed by atoms with van der Waals surface area (Å²) in [5.41, 5.74) is 1.70. The van der Waals surface area contributed by atoms with Crippen molar-refractivity contribution in [1.29, 1.82) is 0 Å². The minimum absolute atomic E-state index is 0.681. The number of allylic oxidation sites excluding steroid dienone is 1. The van der Waals surface area contributed by atoms with Gasteiger partial charge in [0.1, 0.15) is 0 Å². The highest BCUT2D eigenvalue weighted by molar-refractivity contribution is 5.12. The van der Waals surface area contributed by atoms with Crippen LogP contribution in [-0.2, 0) is 0 Å². The number of likely N-dealkylation sites (N-methyl/N-ethyl adjacent to an activating group) is 1. The van der Waals surface area contributed by atoms with Gasteiger partial charge in [-0.05, 0) is 51.5 Å². The fraction of sp³-hybridized carbons (Fsp3) is 0.867. The molecule has 92 valence electrons. The van der Waals surface area contributed by atoms with Crippen LogP contribution >= 0.6 is 0 Å². The normalized spacial score (nSPS) is 24.4. The first-order chi connectivity index (χ1) is 7.90. The minimum atomic E-state index is 0.681. The van der Waals surface area contributed by atoms with E-state index < -0.39 is 0 Å². The molecule has 1 atom stereocenters. The molecule has 0 heterocycles. The first kappa shape index (κ1) is 12.2. The highest BCUT2D eigenvalue weighted by Gasteiger charge is 2.19. The smallest absolute Gasteiger partial charge is 0.0276 e. The van der Waals surface area contributed by atoms with E-state index in [0.717, 1.165) is 5.92 Å². The van der Waals surface area contributed by atoms with Crippen molar-refractivity contribution in [3.05, 3.63) is 11.6 Å². The molecule has 1 fully saturated rings. The molecule has 1 heteroatoms. The Balaban J connectivity index is 1.77. The average Bonchev–Trinajstić information content (AvgIpc) is 2.84. The maximum atomic E-state index is 3.53. The van der Waals surface area contributed by atoms with Gasteiger partial charge in [-0.1, -0.05) is 37.3 Å². The molecule has 0 aliphatic heterocycles. The average molecular weight is 221 g/mol. The monoisotopic (exact) mass is 221 g/mol. The van der Waals surface area contributed by atoms with Gasteiger partial charge >= 0.3 is 0 Å². The molecule has 0 aromatic rings.